The van der Waals surface area contributed by atoms with Crippen LogP contribution in [0.1, 0.15) is 36.8 Å². The van der Waals surface area contributed by atoms with Gasteiger partial charge in [-0.15, -0.1) is 0 Å². The summed E-state index contributed by atoms with van der Waals surface area (Å²) in [5.41, 5.74) is 2.06. The van der Waals surface area contributed by atoms with Crippen molar-refractivity contribution in [1.82, 2.24) is 0 Å². The SMILES string of the molecule is COc1cc(CCCCC(=O)CCc2ccc(O)c(OC)c2)ccc1O. The Kier molecular flexibility index (Phi) is 7.33. The summed E-state index contributed by atoms with van der Waals surface area (Å²) >= 11 is 0. The van der Waals surface area contributed by atoms with Gasteiger partial charge in [0, 0.05) is 12.8 Å². The highest BCUT2D eigenvalue weighted by atomic mass is 16.5. The first-order chi connectivity index (χ1) is 12.5. The quantitative estimate of drug-likeness (QED) is 0.627. The largest absolute Gasteiger partial charge is 0.504 e. The van der Waals surface area contributed by atoms with Crippen LogP contribution in [0.25, 0.3) is 0 Å². The van der Waals surface area contributed by atoms with Gasteiger partial charge in [-0.25, -0.2) is 0 Å². The van der Waals surface area contributed by atoms with Crippen molar-refractivity contribution < 1.29 is 24.5 Å². The highest BCUT2D eigenvalue weighted by Gasteiger charge is 2.07. The lowest BCUT2D eigenvalue weighted by molar-refractivity contribution is -0.119. The van der Waals surface area contributed by atoms with E-state index in [9.17, 15) is 15.0 Å². The van der Waals surface area contributed by atoms with Crippen molar-refractivity contribution in [3.8, 4) is 23.0 Å². The van der Waals surface area contributed by atoms with Gasteiger partial charge in [0.15, 0.2) is 23.0 Å². The summed E-state index contributed by atoms with van der Waals surface area (Å²) < 4.78 is 10.2. The topological polar surface area (TPSA) is 76.0 Å². The van der Waals surface area contributed by atoms with Crippen molar-refractivity contribution in [3.05, 3.63) is 47.5 Å². The van der Waals surface area contributed by atoms with E-state index in [1.165, 1.54) is 14.2 Å². The molecule has 5 heteroatoms. The van der Waals surface area contributed by atoms with Gasteiger partial charge >= 0.3 is 0 Å². The smallest absolute Gasteiger partial charge is 0.160 e. The van der Waals surface area contributed by atoms with Gasteiger partial charge < -0.3 is 19.7 Å². The van der Waals surface area contributed by atoms with Gasteiger partial charge in [-0.2, -0.15) is 0 Å². The molecular weight excluding hydrogens is 332 g/mol. The molecule has 0 aromatic heterocycles. The monoisotopic (exact) mass is 358 g/mol. The van der Waals surface area contributed by atoms with Crippen LogP contribution in [0.2, 0.25) is 0 Å². The minimum atomic E-state index is 0.105. The molecule has 0 aliphatic carbocycles. The van der Waals surface area contributed by atoms with E-state index in [4.69, 9.17) is 9.47 Å². The Bertz CT molecular complexity index is 739. The third-order valence-corrected chi connectivity index (χ3v) is 4.35. The van der Waals surface area contributed by atoms with Crippen LogP contribution in [0.5, 0.6) is 23.0 Å². The number of benzene rings is 2. The molecule has 2 aromatic carbocycles. The highest BCUT2D eigenvalue weighted by Crippen LogP contribution is 2.28. The molecule has 5 nitrogen and oxygen atoms in total. The van der Waals surface area contributed by atoms with Gasteiger partial charge in [0.05, 0.1) is 14.2 Å². The minimum absolute atomic E-state index is 0.105. The molecular formula is C21H26O5. The van der Waals surface area contributed by atoms with Gasteiger partial charge in [0.25, 0.3) is 0 Å². The molecule has 0 fully saturated rings. The molecule has 0 saturated carbocycles. The summed E-state index contributed by atoms with van der Waals surface area (Å²) in [5.74, 6) is 1.38. The Morgan fingerprint density at radius 2 is 1.35 bits per heavy atom. The van der Waals surface area contributed by atoms with Crippen LogP contribution in [0, 0.1) is 0 Å². The molecule has 0 atom stereocenters. The van der Waals surface area contributed by atoms with E-state index in [2.05, 4.69) is 0 Å². The van der Waals surface area contributed by atoms with Crippen molar-refractivity contribution in [1.29, 1.82) is 0 Å². The number of phenolic OH excluding ortho intramolecular Hbond substituents is 2. The summed E-state index contributed by atoms with van der Waals surface area (Å²) in [6.45, 7) is 0. The van der Waals surface area contributed by atoms with Crippen LogP contribution in [-0.4, -0.2) is 30.2 Å². The molecule has 140 valence electrons. The zero-order valence-electron chi connectivity index (χ0n) is 15.3. The standard InChI is InChI=1S/C21H26O5/c1-25-20-13-15(8-11-18(20)23)5-3-4-6-17(22)10-7-16-9-12-19(24)21(14-16)26-2/h8-9,11-14,23-24H,3-7,10H2,1-2H3. The number of ketones is 1. The number of hydrogen-bond acceptors (Lipinski definition) is 5. The number of methoxy groups -OCH3 is 2. The fourth-order valence-corrected chi connectivity index (χ4v) is 2.82. The maximum atomic E-state index is 12.1. The van der Waals surface area contributed by atoms with Crippen molar-refractivity contribution in [2.45, 2.75) is 38.5 Å². The number of hydrogen-bond donors (Lipinski definition) is 2. The number of carbonyl (C=O) groups excluding carboxylic acids is 1. The lowest BCUT2D eigenvalue weighted by Gasteiger charge is -2.07. The molecule has 0 saturated heterocycles. The van der Waals surface area contributed by atoms with E-state index in [-0.39, 0.29) is 17.3 Å². The van der Waals surface area contributed by atoms with E-state index in [0.717, 1.165) is 30.4 Å². The molecule has 2 N–H and O–H groups in total. The Morgan fingerprint density at radius 1 is 0.808 bits per heavy atom. The van der Waals surface area contributed by atoms with E-state index in [1.807, 2.05) is 18.2 Å². The molecule has 0 unspecified atom stereocenters. The average Bonchev–Trinajstić information content (AvgIpc) is 2.65. The summed E-state index contributed by atoms with van der Waals surface area (Å²) in [4.78, 5) is 12.1. The highest BCUT2D eigenvalue weighted by molar-refractivity contribution is 5.78. The van der Waals surface area contributed by atoms with Crippen LogP contribution in [0.3, 0.4) is 0 Å². The van der Waals surface area contributed by atoms with Crippen LogP contribution >= 0.6 is 0 Å². The van der Waals surface area contributed by atoms with E-state index >= 15 is 0 Å². The molecule has 0 radical (unpaired) electrons. The van der Waals surface area contributed by atoms with Crippen LogP contribution in [0.15, 0.2) is 36.4 Å². The number of unbranched alkanes of at least 4 members (excludes halogenated alkanes) is 1. The molecule has 26 heavy (non-hydrogen) atoms. The summed E-state index contributed by atoms with van der Waals surface area (Å²) in [7, 11) is 3.04. The lowest BCUT2D eigenvalue weighted by atomic mass is 10.0. The Morgan fingerprint density at radius 3 is 1.88 bits per heavy atom. The first kappa shape index (κ1) is 19.6. The number of ether oxygens (including phenoxy) is 2. The molecule has 2 rings (SSSR count). The zero-order valence-corrected chi connectivity index (χ0v) is 15.3. The Labute approximate surface area is 154 Å². The average molecular weight is 358 g/mol. The molecule has 0 amide bonds. The molecule has 2 aromatic rings. The van der Waals surface area contributed by atoms with Crippen molar-refractivity contribution >= 4 is 5.78 Å². The summed E-state index contributed by atoms with van der Waals surface area (Å²) in [5, 5.41) is 19.2. The second kappa shape index (κ2) is 9.70. The summed E-state index contributed by atoms with van der Waals surface area (Å²) in [6.07, 6.45) is 4.28. The number of aromatic hydroxyl groups is 2. The fraction of sp³-hybridized carbons (Fsp3) is 0.381. The predicted octanol–water partition coefficient (Wildman–Crippen LogP) is 4.03. The molecule has 0 bridgehead atoms. The number of carbonyl (C=O) groups is 1. The van der Waals surface area contributed by atoms with Gasteiger partial charge in [-0.05, 0) is 61.1 Å². The lowest BCUT2D eigenvalue weighted by Crippen LogP contribution is -2.01. The van der Waals surface area contributed by atoms with E-state index in [1.54, 1.807) is 18.2 Å². The van der Waals surface area contributed by atoms with Crippen molar-refractivity contribution in [3.63, 3.8) is 0 Å². The van der Waals surface area contributed by atoms with E-state index < -0.39 is 0 Å². The Hall–Kier alpha value is -2.69. The summed E-state index contributed by atoms with van der Waals surface area (Å²) in [6, 6.07) is 10.5. The van der Waals surface area contributed by atoms with Crippen LogP contribution in [-0.2, 0) is 17.6 Å². The van der Waals surface area contributed by atoms with Gasteiger partial charge in [-0.3, -0.25) is 4.79 Å². The molecule has 0 aliphatic heterocycles. The third kappa shape index (κ3) is 5.69. The fourth-order valence-electron chi connectivity index (χ4n) is 2.82. The van der Waals surface area contributed by atoms with Crippen molar-refractivity contribution in [2.24, 2.45) is 0 Å². The number of phenols is 2. The van der Waals surface area contributed by atoms with E-state index in [0.29, 0.717) is 30.8 Å². The number of aryl methyl sites for hydroxylation is 2. The normalized spacial score (nSPS) is 10.5. The van der Waals surface area contributed by atoms with Gasteiger partial charge in [0.2, 0.25) is 0 Å². The van der Waals surface area contributed by atoms with Crippen LogP contribution < -0.4 is 9.47 Å². The Balaban J connectivity index is 1.70. The maximum absolute atomic E-state index is 12.1. The first-order valence-corrected chi connectivity index (χ1v) is 8.77. The number of rotatable bonds is 10. The minimum Gasteiger partial charge on any atom is -0.504 e. The molecule has 0 aliphatic rings. The first-order valence-electron chi connectivity index (χ1n) is 8.77. The number of Topliss-reactive ketones (excluding diaryl/α,β-unsaturated/α-hetero) is 1. The molecule has 0 heterocycles. The second-order valence-electron chi connectivity index (χ2n) is 6.26. The zero-order chi connectivity index (χ0) is 18.9. The van der Waals surface area contributed by atoms with Gasteiger partial charge in [-0.1, -0.05) is 12.1 Å². The predicted molar refractivity (Wildman–Crippen MR) is 100 cm³/mol. The third-order valence-electron chi connectivity index (χ3n) is 4.35. The van der Waals surface area contributed by atoms with Crippen LogP contribution in [0.4, 0.5) is 0 Å². The second-order valence-corrected chi connectivity index (χ2v) is 6.26. The van der Waals surface area contributed by atoms with Gasteiger partial charge in [0.1, 0.15) is 5.78 Å². The molecule has 0 spiro atoms. The maximum Gasteiger partial charge on any atom is 0.160 e. The van der Waals surface area contributed by atoms with Crippen molar-refractivity contribution in [2.75, 3.05) is 14.2 Å².